The first-order valence-electron chi connectivity index (χ1n) is 13.9. The van der Waals surface area contributed by atoms with E-state index in [-0.39, 0.29) is 36.2 Å². The van der Waals surface area contributed by atoms with Crippen molar-refractivity contribution in [3.05, 3.63) is 77.7 Å². The molecule has 0 radical (unpaired) electrons. The van der Waals surface area contributed by atoms with Crippen LogP contribution in [0.15, 0.2) is 66.6 Å². The number of nitrogens with one attached hydrogen (secondary N) is 1. The molecule has 11 heteroatoms. The lowest BCUT2D eigenvalue weighted by Gasteiger charge is -2.26. The number of benzene rings is 2. The standard InChI is InChI=1S/C30H32N6O4S/c37-28-17-35(30(39)25-18-41-27-9-2-1-8-23(25)27)11-3-4-13-40-22-7-5-6-21(14-22)24-15-36(16-26(24)33-28)29(38)10-12-34-19-31-32-20-34/h1-2,5-9,14,18-20,24,26H,3-4,10-13,15-17H2,(H,33,37)/t24-,26+/m1/s1. The Labute approximate surface area is 241 Å². The quantitative estimate of drug-likeness (QED) is 0.402. The van der Waals surface area contributed by atoms with Gasteiger partial charge in [-0.15, -0.1) is 21.5 Å². The summed E-state index contributed by atoms with van der Waals surface area (Å²) >= 11 is 1.53. The van der Waals surface area contributed by atoms with Gasteiger partial charge in [-0.3, -0.25) is 14.4 Å². The molecule has 1 fully saturated rings. The lowest BCUT2D eigenvalue weighted by Crippen LogP contribution is -2.47. The number of thiophene rings is 1. The number of rotatable bonds is 4. The predicted molar refractivity (Wildman–Crippen MR) is 155 cm³/mol. The average molecular weight is 573 g/mol. The van der Waals surface area contributed by atoms with Gasteiger partial charge in [0.25, 0.3) is 5.91 Å². The summed E-state index contributed by atoms with van der Waals surface area (Å²) in [6.45, 7) is 2.28. The zero-order valence-electron chi connectivity index (χ0n) is 22.6. The molecule has 212 valence electrons. The number of likely N-dealkylation sites (tertiary alicyclic amines) is 1. The van der Waals surface area contributed by atoms with Gasteiger partial charge in [-0.05, 0) is 36.6 Å². The van der Waals surface area contributed by atoms with Crippen LogP contribution >= 0.6 is 11.3 Å². The molecular formula is C30H32N6O4S. The molecular weight excluding hydrogens is 540 g/mol. The maximum absolute atomic E-state index is 13.7. The van der Waals surface area contributed by atoms with Crippen LogP contribution in [0.2, 0.25) is 0 Å². The molecule has 2 aliphatic rings. The van der Waals surface area contributed by atoms with Crippen molar-refractivity contribution in [1.82, 2.24) is 29.9 Å². The second kappa shape index (κ2) is 12.1. The highest BCUT2D eigenvalue weighted by atomic mass is 32.1. The molecule has 2 aromatic carbocycles. The van der Waals surface area contributed by atoms with E-state index < -0.39 is 0 Å². The SMILES string of the molecule is O=C1CN(C(=O)c2csc3ccccc23)CCCCOc2cccc(c2)[C@H]2CN(C(=O)CCn3cnnc3)C[C@@H]2N1. The van der Waals surface area contributed by atoms with E-state index in [9.17, 15) is 14.4 Å². The van der Waals surface area contributed by atoms with Gasteiger partial charge in [-0.25, -0.2) is 0 Å². The summed E-state index contributed by atoms with van der Waals surface area (Å²) in [5.74, 6) is 0.293. The monoisotopic (exact) mass is 572 g/mol. The molecule has 0 unspecified atom stereocenters. The summed E-state index contributed by atoms with van der Waals surface area (Å²) in [6, 6.07) is 15.4. The summed E-state index contributed by atoms with van der Waals surface area (Å²) in [4.78, 5) is 43.8. The number of carbonyl (C=O) groups excluding carboxylic acids is 3. The highest BCUT2D eigenvalue weighted by Crippen LogP contribution is 2.31. The largest absolute Gasteiger partial charge is 0.494 e. The van der Waals surface area contributed by atoms with E-state index in [0.717, 1.165) is 27.8 Å². The molecule has 2 bridgehead atoms. The third-order valence-electron chi connectivity index (χ3n) is 7.78. The molecule has 41 heavy (non-hydrogen) atoms. The number of carbonyl (C=O) groups is 3. The summed E-state index contributed by atoms with van der Waals surface area (Å²) in [5.41, 5.74) is 1.63. The smallest absolute Gasteiger partial charge is 0.255 e. The second-order valence-corrected chi connectivity index (χ2v) is 11.4. The number of fused-ring (bicyclic) bond motifs is 5. The van der Waals surface area contributed by atoms with Gasteiger partial charge < -0.3 is 24.4 Å². The molecule has 2 aliphatic heterocycles. The van der Waals surface area contributed by atoms with E-state index in [1.165, 1.54) is 11.3 Å². The minimum atomic E-state index is -0.293. The van der Waals surface area contributed by atoms with E-state index >= 15 is 0 Å². The Morgan fingerprint density at radius 3 is 2.76 bits per heavy atom. The average Bonchev–Trinajstić information content (AvgIpc) is 3.75. The Kier molecular flexibility index (Phi) is 7.95. The van der Waals surface area contributed by atoms with Gasteiger partial charge in [0.2, 0.25) is 11.8 Å². The third kappa shape index (κ3) is 6.09. The topological polar surface area (TPSA) is 110 Å². The van der Waals surface area contributed by atoms with Crippen LogP contribution in [0.1, 0.15) is 41.1 Å². The van der Waals surface area contributed by atoms with Crippen molar-refractivity contribution >= 4 is 39.1 Å². The number of hydrogen-bond acceptors (Lipinski definition) is 7. The molecule has 3 amide bonds. The highest BCUT2D eigenvalue weighted by molar-refractivity contribution is 7.17. The van der Waals surface area contributed by atoms with Crippen LogP contribution in [0.3, 0.4) is 0 Å². The molecule has 0 spiro atoms. The summed E-state index contributed by atoms with van der Waals surface area (Å²) < 4.78 is 8.87. The lowest BCUT2D eigenvalue weighted by molar-refractivity contribution is -0.130. The summed E-state index contributed by atoms with van der Waals surface area (Å²) in [5, 5.41) is 13.5. The molecule has 1 N–H and O–H groups in total. The lowest BCUT2D eigenvalue weighted by atomic mass is 9.94. The third-order valence-corrected chi connectivity index (χ3v) is 8.74. The van der Waals surface area contributed by atoms with Crippen molar-refractivity contribution in [3.63, 3.8) is 0 Å². The minimum Gasteiger partial charge on any atom is -0.494 e. The van der Waals surface area contributed by atoms with Gasteiger partial charge in [0, 0.05) is 54.0 Å². The van der Waals surface area contributed by atoms with Crippen LogP contribution in [0, 0.1) is 0 Å². The Balaban J connectivity index is 1.22. The number of amides is 3. The van der Waals surface area contributed by atoms with Crippen molar-refractivity contribution in [1.29, 1.82) is 0 Å². The maximum atomic E-state index is 13.7. The van der Waals surface area contributed by atoms with Gasteiger partial charge in [0.15, 0.2) is 0 Å². The molecule has 2 atom stereocenters. The minimum absolute atomic E-state index is 0.00640. The first-order chi connectivity index (χ1) is 20.0. The van der Waals surface area contributed by atoms with Crippen LogP contribution in [0.4, 0.5) is 0 Å². The van der Waals surface area contributed by atoms with E-state index in [0.29, 0.717) is 51.2 Å². The first kappa shape index (κ1) is 26.9. The summed E-state index contributed by atoms with van der Waals surface area (Å²) in [6.07, 6.45) is 4.95. The van der Waals surface area contributed by atoms with Crippen molar-refractivity contribution in [2.24, 2.45) is 0 Å². The van der Waals surface area contributed by atoms with Gasteiger partial charge in [-0.2, -0.15) is 0 Å². The number of ether oxygens (including phenoxy) is 1. The first-order valence-corrected chi connectivity index (χ1v) is 14.8. The van der Waals surface area contributed by atoms with Crippen molar-refractivity contribution in [2.45, 2.75) is 37.8 Å². The molecule has 10 nitrogen and oxygen atoms in total. The normalized spacial score (nSPS) is 19.8. The number of aryl methyl sites for hydroxylation is 1. The van der Waals surface area contributed by atoms with E-state index in [2.05, 4.69) is 15.5 Å². The van der Waals surface area contributed by atoms with E-state index in [1.54, 1.807) is 22.1 Å². The van der Waals surface area contributed by atoms with Crippen molar-refractivity contribution in [3.8, 4) is 5.75 Å². The fourth-order valence-corrected chi connectivity index (χ4v) is 6.57. The predicted octanol–water partition coefficient (Wildman–Crippen LogP) is 3.31. The Morgan fingerprint density at radius 2 is 1.88 bits per heavy atom. The molecule has 2 aromatic heterocycles. The Hall–Kier alpha value is -4.25. The molecule has 4 aromatic rings. The van der Waals surface area contributed by atoms with Crippen LogP contribution in [0.25, 0.3) is 10.1 Å². The second-order valence-electron chi connectivity index (χ2n) is 10.5. The van der Waals surface area contributed by atoms with Gasteiger partial charge in [0.05, 0.1) is 24.8 Å². The van der Waals surface area contributed by atoms with Crippen LogP contribution < -0.4 is 10.1 Å². The highest BCUT2D eigenvalue weighted by Gasteiger charge is 2.37. The zero-order valence-corrected chi connectivity index (χ0v) is 23.5. The van der Waals surface area contributed by atoms with Crippen LogP contribution in [0.5, 0.6) is 5.75 Å². The van der Waals surface area contributed by atoms with Gasteiger partial charge in [0.1, 0.15) is 18.4 Å². The fraction of sp³-hybridized carbons (Fsp3) is 0.367. The van der Waals surface area contributed by atoms with Gasteiger partial charge >= 0.3 is 0 Å². The van der Waals surface area contributed by atoms with Crippen molar-refractivity contribution < 1.29 is 19.1 Å². The molecule has 4 heterocycles. The number of nitrogens with zero attached hydrogens (tertiary/aromatic N) is 5. The molecule has 1 saturated heterocycles. The van der Waals surface area contributed by atoms with Crippen LogP contribution in [-0.2, 0) is 16.1 Å². The van der Waals surface area contributed by atoms with Gasteiger partial charge in [-0.1, -0.05) is 30.3 Å². The number of aromatic nitrogens is 3. The fourth-order valence-electron chi connectivity index (χ4n) is 5.63. The zero-order chi connectivity index (χ0) is 28.2. The summed E-state index contributed by atoms with van der Waals surface area (Å²) in [7, 11) is 0. The molecule has 0 saturated carbocycles. The van der Waals surface area contributed by atoms with Crippen molar-refractivity contribution in [2.75, 3.05) is 32.8 Å². The van der Waals surface area contributed by atoms with E-state index in [4.69, 9.17) is 4.74 Å². The Bertz CT molecular complexity index is 1540. The number of hydrogen-bond donors (Lipinski definition) is 1. The van der Waals surface area contributed by atoms with E-state index in [1.807, 2.05) is 58.8 Å². The maximum Gasteiger partial charge on any atom is 0.255 e. The van der Waals surface area contributed by atoms with Crippen LogP contribution in [-0.4, -0.2) is 81.1 Å². The molecule has 0 aliphatic carbocycles. The Morgan fingerprint density at radius 1 is 1.02 bits per heavy atom. The molecule has 6 rings (SSSR count).